The fourth-order valence-electron chi connectivity index (χ4n) is 2.79. The Morgan fingerprint density at radius 1 is 1.30 bits per heavy atom. The Hall–Kier alpha value is -1.59. The van der Waals surface area contributed by atoms with Gasteiger partial charge in [0, 0.05) is 19.0 Å². The molecule has 0 aromatic heterocycles. The Kier molecular flexibility index (Phi) is 6.59. The van der Waals surface area contributed by atoms with Crippen LogP contribution in [0.4, 0.5) is 0 Å². The van der Waals surface area contributed by atoms with Crippen molar-refractivity contribution in [2.24, 2.45) is 17.3 Å². The first-order chi connectivity index (χ1) is 10.6. The first-order valence-electron chi connectivity index (χ1n) is 8.39. The van der Waals surface area contributed by atoms with Gasteiger partial charge in [-0.3, -0.25) is 9.59 Å². The summed E-state index contributed by atoms with van der Waals surface area (Å²) in [6.07, 6.45) is 2.23. The number of rotatable bonds is 5. The first kappa shape index (κ1) is 19.5. The predicted molar refractivity (Wildman–Crippen MR) is 87.8 cm³/mol. The van der Waals surface area contributed by atoms with E-state index in [1.54, 1.807) is 25.7 Å². The molecule has 0 aromatic rings. The standard InChI is InChI=1S/C17H30N2O4/c1-6-11(2)15(21)19-9-7-8-12(10-19)14(20)18-13(16(22)23)17(3,4)5/h11-13H,6-10H2,1-5H3,(H,18,20)(H,22,23)/t11-,12+,13-/m1/s1. The third kappa shape index (κ3) is 5.22. The van der Waals surface area contributed by atoms with Crippen molar-refractivity contribution in [3.63, 3.8) is 0 Å². The number of carbonyl (C=O) groups is 3. The van der Waals surface area contributed by atoms with Gasteiger partial charge < -0.3 is 15.3 Å². The van der Waals surface area contributed by atoms with Crippen molar-refractivity contribution in [1.82, 2.24) is 10.2 Å². The van der Waals surface area contributed by atoms with Crippen molar-refractivity contribution in [3.05, 3.63) is 0 Å². The minimum atomic E-state index is -1.03. The van der Waals surface area contributed by atoms with Crippen molar-refractivity contribution in [2.75, 3.05) is 13.1 Å². The van der Waals surface area contributed by atoms with Gasteiger partial charge in [-0.05, 0) is 24.7 Å². The number of carboxylic acid groups (broad SMARTS) is 1. The fraction of sp³-hybridized carbons (Fsp3) is 0.824. The molecule has 6 nitrogen and oxygen atoms in total. The molecule has 0 unspecified atom stereocenters. The Bertz CT molecular complexity index is 456. The van der Waals surface area contributed by atoms with Crippen molar-refractivity contribution >= 4 is 17.8 Å². The van der Waals surface area contributed by atoms with E-state index in [0.717, 1.165) is 12.8 Å². The van der Waals surface area contributed by atoms with Crippen molar-refractivity contribution in [1.29, 1.82) is 0 Å². The Labute approximate surface area is 138 Å². The molecule has 132 valence electrons. The average molecular weight is 326 g/mol. The second-order valence-electron chi connectivity index (χ2n) is 7.58. The zero-order valence-corrected chi connectivity index (χ0v) is 14.9. The molecule has 0 radical (unpaired) electrons. The summed E-state index contributed by atoms with van der Waals surface area (Å²) in [7, 11) is 0. The monoisotopic (exact) mass is 326 g/mol. The highest BCUT2D eigenvalue weighted by atomic mass is 16.4. The highest BCUT2D eigenvalue weighted by Crippen LogP contribution is 2.23. The minimum Gasteiger partial charge on any atom is -0.480 e. The molecule has 1 fully saturated rings. The molecular formula is C17H30N2O4. The van der Waals surface area contributed by atoms with Crippen LogP contribution in [0.3, 0.4) is 0 Å². The second kappa shape index (κ2) is 7.79. The highest BCUT2D eigenvalue weighted by Gasteiger charge is 2.36. The van der Waals surface area contributed by atoms with Gasteiger partial charge >= 0.3 is 5.97 Å². The summed E-state index contributed by atoms with van der Waals surface area (Å²) in [6.45, 7) is 10.3. The zero-order chi connectivity index (χ0) is 17.8. The van der Waals surface area contributed by atoms with Crippen LogP contribution in [-0.2, 0) is 14.4 Å². The van der Waals surface area contributed by atoms with Gasteiger partial charge in [0.2, 0.25) is 11.8 Å². The van der Waals surface area contributed by atoms with Gasteiger partial charge in [0.15, 0.2) is 0 Å². The first-order valence-corrected chi connectivity index (χ1v) is 8.39. The van der Waals surface area contributed by atoms with E-state index in [9.17, 15) is 19.5 Å². The summed E-state index contributed by atoms with van der Waals surface area (Å²) in [5.41, 5.74) is -0.567. The Balaban J connectivity index is 2.73. The third-order valence-corrected chi connectivity index (χ3v) is 4.54. The molecule has 0 bridgehead atoms. The lowest BCUT2D eigenvalue weighted by molar-refractivity contribution is -0.147. The average Bonchev–Trinajstić information content (AvgIpc) is 2.49. The summed E-state index contributed by atoms with van der Waals surface area (Å²) in [5, 5.41) is 12.0. The summed E-state index contributed by atoms with van der Waals surface area (Å²) in [5.74, 6) is -1.60. The normalized spacial score (nSPS) is 21.4. The molecule has 3 atom stereocenters. The Morgan fingerprint density at radius 3 is 2.39 bits per heavy atom. The van der Waals surface area contributed by atoms with Crippen LogP contribution in [0, 0.1) is 17.3 Å². The molecule has 0 aliphatic carbocycles. The number of nitrogens with one attached hydrogen (secondary N) is 1. The second-order valence-corrected chi connectivity index (χ2v) is 7.58. The molecule has 2 N–H and O–H groups in total. The maximum absolute atomic E-state index is 12.5. The molecule has 1 aliphatic heterocycles. The number of hydrogen-bond donors (Lipinski definition) is 2. The van der Waals surface area contributed by atoms with Crippen molar-refractivity contribution < 1.29 is 19.5 Å². The van der Waals surface area contributed by atoms with Crippen molar-refractivity contribution in [2.45, 2.75) is 59.9 Å². The molecule has 2 amide bonds. The van der Waals surface area contributed by atoms with Gasteiger partial charge in [0.25, 0.3) is 0 Å². The van der Waals surface area contributed by atoms with Gasteiger partial charge in [-0.15, -0.1) is 0 Å². The lowest BCUT2D eigenvalue weighted by Crippen LogP contribution is -2.53. The maximum atomic E-state index is 12.5. The van der Waals surface area contributed by atoms with E-state index in [2.05, 4.69) is 5.32 Å². The summed E-state index contributed by atoms with van der Waals surface area (Å²) in [6, 6.07) is -0.935. The fourth-order valence-corrected chi connectivity index (χ4v) is 2.79. The zero-order valence-electron chi connectivity index (χ0n) is 14.9. The molecule has 1 rings (SSSR count). The molecule has 0 aromatic carbocycles. The number of carbonyl (C=O) groups excluding carboxylic acids is 2. The van der Waals surface area contributed by atoms with Crippen LogP contribution in [0.15, 0.2) is 0 Å². The molecule has 6 heteroatoms. The number of hydrogen-bond acceptors (Lipinski definition) is 3. The van der Waals surface area contributed by atoms with Crippen LogP contribution < -0.4 is 5.32 Å². The third-order valence-electron chi connectivity index (χ3n) is 4.54. The van der Waals surface area contributed by atoms with Crippen LogP contribution in [0.5, 0.6) is 0 Å². The molecule has 23 heavy (non-hydrogen) atoms. The lowest BCUT2D eigenvalue weighted by Gasteiger charge is -2.35. The van der Waals surface area contributed by atoms with Gasteiger partial charge in [-0.25, -0.2) is 4.79 Å². The summed E-state index contributed by atoms with van der Waals surface area (Å²) in [4.78, 5) is 37.9. The van der Waals surface area contributed by atoms with Gasteiger partial charge in [-0.1, -0.05) is 34.6 Å². The van der Waals surface area contributed by atoms with E-state index in [4.69, 9.17) is 0 Å². The number of amides is 2. The van der Waals surface area contributed by atoms with Gasteiger partial charge in [-0.2, -0.15) is 0 Å². The van der Waals surface area contributed by atoms with Crippen LogP contribution >= 0.6 is 0 Å². The molecule has 1 aliphatic rings. The molecule has 1 saturated heterocycles. The van der Waals surface area contributed by atoms with E-state index in [-0.39, 0.29) is 23.7 Å². The number of nitrogens with zero attached hydrogens (tertiary/aromatic N) is 1. The Morgan fingerprint density at radius 2 is 1.91 bits per heavy atom. The van der Waals surface area contributed by atoms with Gasteiger partial charge in [0.05, 0.1) is 5.92 Å². The molecule has 0 saturated carbocycles. The maximum Gasteiger partial charge on any atom is 0.326 e. The molecule has 1 heterocycles. The van der Waals surface area contributed by atoms with Crippen LogP contribution in [-0.4, -0.2) is 46.9 Å². The van der Waals surface area contributed by atoms with Gasteiger partial charge in [0.1, 0.15) is 6.04 Å². The van der Waals surface area contributed by atoms with Crippen molar-refractivity contribution in [3.8, 4) is 0 Å². The van der Waals surface area contributed by atoms with Crippen LogP contribution in [0.2, 0.25) is 0 Å². The molecule has 0 spiro atoms. The molecular weight excluding hydrogens is 296 g/mol. The smallest absolute Gasteiger partial charge is 0.326 e. The lowest BCUT2D eigenvalue weighted by atomic mass is 9.86. The summed E-state index contributed by atoms with van der Waals surface area (Å²) >= 11 is 0. The van der Waals surface area contributed by atoms with E-state index in [0.29, 0.717) is 19.5 Å². The number of piperidine rings is 1. The minimum absolute atomic E-state index is 0.0434. The van der Waals surface area contributed by atoms with E-state index >= 15 is 0 Å². The SMILES string of the molecule is CC[C@@H](C)C(=O)N1CCC[C@H](C(=O)N[C@H](C(=O)O)C(C)(C)C)C1. The van der Waals surface area contributed by atoms with E-state index in [1.807, 2.05) is 13.8 Å². The topological polar surface area (TPSA) is 86.7 Å². The van der Waals surface area contributed by atoms with Crippen LogP contribution in [0.1, 0.15) is 53.9 Å². The highest BCUT2D eigenvalue weighted by molar-refractivity contribution is 5.86. The quantitative estimate of drug-likeness (QED) is 0.807. The number of likely N-dealkylation sites (tertiary alicyclic amines) is 1. The summed E-state index contributed by atoms with van der Waals surface area (Å²) < 4.78 is 0. The number of aliphatic carboxylic acids is 1. The predicted octanol–water partition coefficient (Wildman–Crippen LogP) is 1.89. The van der Waals surface area contributed by atoms with E-state index in [1.165, 1.54) is 0 Å². The van der Waals surface area contributed by atoms with E-state index < -0.39 is 17.4 Å². The van der Waals surface area contributed by atoms with Crippen LogP contribution in [0.25, 0.3) is 0 Å². The number of carboxylic acids is 1. The largest absolute Gasteiger partial charge is 0.480 e.